The number of ketones is 1. The fourth-order valence-corrected chi connectivity index (χ4v) is 1.11. The van der Waals surface area contributed by atoms with Gasteiger partial charge in [0, 0.05) is 6.42 Å². The first-order valence-corrected chi connectivity index (χ1v) is 4.24. The summed E-state index contributed by atoms with van der Waals surface area (Å²) in [5, 5.41) is 0. The van der Waals surface area contributed by atoms with E-state index in [1.54, 1.807) is 6.08 Å². The van der Waals surface area contributed by atoms with Crippen molar-refractivity contribution in [1.29, 1.82) is 0 Å². The number of rotatable bonds is 0. The van der Waals surface area contributed by atoms with Gasteiger partial charge in [-0.25, -0.2) is 0 Å². The van der Waals surface area contributed by atoms with Gasteiger partial charge in [-0.1, -0.05) is 18.2 Å². The Morgan fingerprint density at radius 2 is 1.73 bits per heavy atom. The van der Waals surface area contributed by atoms with Gasteiger partial charge in [0.05, 0.1) is 0 Å². The molecule has 0 spiro atoms. The molecule has 0 bridgehead atoms. The molecule has 11 heavy (non-hydrogen) atoms. The van der Waals surface area contributed by atoms with Crippen molar-refractivity contribution < 1.29 is 4.79 Å². The Morgan fingerprint density at radius 1 is 1.00 bits per heavy atom. The molecule has 0 saturated carbocycles. The Hall–Kier alpha value is -0.850. The third-order valence-corrected chi connectivity index (χ3v) is 1.77. The van der Waals surface area contributed by atoms with Crippen molar-refractivity contribution in [1.82, 2.24) is 0 Å². The summed E-state index contributed by atoms with van der Waals surface area (Å²) in [7, 11) is 0. The second kappa shape index (κ2) is 4.89. The summed E-state index contributed by atoms with van der Waals surface area (Å²) in [6.45, 7) is 0. The van der Waals surface area contributed by atoms with E-state index in [2.05, 4.69) is 12.2 Å². The predicted molar refractivity (Wildman–Crippen MR) is 46.4 cm³/mol. The van der Waals surface area contributed by atoms with Crippen LogP contribution in [0.5, 0.6) is 0 Å². The molecule has 0 fully saturated rings. The van der Waals surface area contributed by atoms with Gasteiger partial charge >= 0.3 is 0 Å². The predicted octanol–water partition coefficient (Wildman–Crippen LogP) is 2.63. The maximum atomic E-state index is 11.0. The van der Waals surface area contributed by atoms with E-state index in [4.69, 9.17) is 0 Å². The lowest BCUT2D eigenvalue weighted by Crippen LogP contribution is -1.91. The molecule has 0 aromatic carbocycles. The molecule has 0 aliphatic heterocycles. The maximum absolute atomic E-state index is 11.0. The van der Waals surface area contributed by atoms with Crippen molar-refractivity contribution in [2.75, 3.05) is 0 Å². The van der Waals surface area contributed by atoms with Crippen molar-refractivity contribution in [2.24, 2.45) is 0 Å². The average Bonchev–Trinajstić information content (AvgIpc) is 2.03. The minimum absolute atomic E-state index is 0.261. The van der Waals surface area contributed by atoms with Crippen LogP contribution in [0.2, 0.25) is 0 Å². The molecule has 1 aliphatic rings. The topological polar surface area (TPSA) is 17.1 Å². The quantitative estimate of drug-likeness (QED) is 0.485. The van der Waals surface area contributed by atoms with Crippen LogP contribution in [-0.4, -0.2) is 5.78 Å². The molecule has 0 atom stereocenters. The van der Waals surface area contributed by atoms with Crippen molar-refractivity contribution in [3.8, 4) is 0 Å². The molecule has 0 radical (unpaired) electrons. The zero-order valence-electron chi connectivity index (χ0n) is 6.75. The summed E-state index contributed by atoms with van der Waals surface area (Å²) in [6, 6.07) is 0. The van der Waals surface area contributed by atoms with Crippen LogP contribution in [0.3, 0.4) is 0 Å². The summed E-state index contributed by atoms with van der Waals surface area (Å²) < 4.78 is 0. The molecule has 0 heterocycles. The van der Waals surface area contributed by atoms with Gasteiger partial charge in [-0.05, 0) is 31.8 Å². The number of hydrogen-bond donors (Lipinski definition) is 0. The molecular formula is C10H14O. The molecule has 60 valence electrons. The third-order valence-electron chi connectivity index (χ3n) is 1.77. The monoisotopic (exact) mass is 150 g/mol. The van der Waals surface area contributed by atoms with Crippen LogP contribution in [0.4, 0.5) is 0 Å². The highest BCUT2D eigenvalue weighted by atomic mass is 16.1. The third kappa shape index (κ3) is 3.76. The Labute approximate surface area is 67.8 Å². The maximum Gasteiger partial charge on any atom is 0.155 e. The first-order chi connectivity index (χ1) is 5.39. The van der Waals surface area contributed by atoms with Crippen molar-refractivity contribution in [3.63, 3.8) is 0 Å². The van der Waals surface area contributed by atoms with E-state index in [9.17, 15) is 4.79 Å². The minimum atomic E-state index is 0.261. The molecule has 0 saturated heterocycles. The number of carbonyl (C=O) groups excluding carboxylic acids is 1. The van der Waals surface area contributed by atoms with Crippen LogP contribution in [-0.2, 0) is 4.79 Å². The van der Waals surface area contributed by atoms with Crippen LogP contribution in [0.25, 0.3) is 0 Å². The molecule has 0 aromatic rings. The van der Waals surface area contributed by atoms with Gasteiger partial charge in [0.1, 0.15) is 0 Å². The highest BCUT2D eigenvalue weighted by Gasteiger charge is 1.94. The highest BCUT2D eigenvalue weighted by molar-refractivity contribution is 5.89. The van der Waals surface area contributed by atoms with Crippen molar-refractivity contribution >= 4 is 5.78 Å². The van der Waals surface area contributed by atoms with Crippen LogP contribution in [0.1, 0.15) is 32.1 Å². The van der Waals surface area contributed by atoms with Crippen LogP contribution in [0.15, 0.2) is 24.3 Å². The second-order valence-electron chi connectivity index (χ2n) is 2.81. The summed E-state index contributed by atoms with van der Waals surface area (Å²) in [6.07, 6.45) is 12.9. The van der Waals surface area contributed by atoms with Gasteiger partial charge in [-0.2, -0.15) is 0 Å². The first-order valence-electron chi connectivity index (χ1n) is 4.24. The molecule has 1 rings (SSSR count). The van der Waals surface area contributed by atoms with Gasteiger partial charge in [0.25, 0.3) is 0 Å². The molecular weight excluding hydrogens is 136 g/mol. The van der Waals surface area contributed by atoms with Crippen molar-refractivity contribution in [2.45, 2.75) is 32.1 Å². The zero-order valence-corrected chi connectivity index (χ0v) is 6.75. The van der Waals surface area contributed by atoms with E-state index in [0.717, 1.165) is 19.3 Å². The highest BCUT2D eigenvalue weighted by Crippen LogP contribution is 2.03. The van der Waals surface area contributed by atoms with Crippen LogP contribution >= 0.6 is 0 Å². The Kier molecular flexibility index (Phi) is 3.67. The summed E-state index contributed by atoms with van der Waals surface area (Å²) >= 11 is 0. The Morgan fingerprint density at radius 3 is 2.64 bits per heavy atom. The summed E-state index contributed by atoms with van der Waals surface area (Å²) in [5.74, 6) is 0.261. The number of carbonyl (C=O) groups is 1. The largest absolute Gasteiger partial charge is 0.295 e. The van der Waals surface area contributed by atoms with E-state index in [1.807, 2.05) is 6.08 Å². The first kappa shape index (κ1) is 8.25. The molecule has 1 heteroatoms. The lowest BCUT2D eigenvalue weighted by atomic mass is 10.1. The fraction of sp³-hybridized carbons (Fsp3) is 0.500. The lowest BCUT2D eigenvalue weighted by Gasteiger charge is -1.95. The normalized spacial score (nSPS) is 26.0. The van der Waals surface area contributed by atoms with Gasteiger partial charge in [0.2, 0.25) is 0 Å². The fourth-order valence-electron chi connectivity index (χ4n) is 1.11. The smallest absolute Gasteiger partial charge is 0.155 e. The van der Waals surface area contributed by atoms with E-state index in [0.29, 0.717) is 6.42 Å². The number of allylic oxidation sites excluding steroid dienone is 4. The molecule has 0 amide bonds. The molecule has 1 nitrogen and oxygen atoms in total. The number of hydrogen-bond acceptors (Lipinski definition) is 1. The second-order valence-corrected chi connectivity index (χ2v) is 2.81. The Balaban J connectivity index is 2.40. The lowest BCUT2D eigenvalue weighted by molar-refractivity contribution is -0.114. The van der Waals surface area contributed by atoms with Gasteiger partial charge in [-0.15, -0.1) is 0 Å². The van der Waals surface area contributed by atoms with Gasteiger partial charge < -0.3 is 0 Å². The van der Waals surface area contributed by atoms with E-state index in [-0.39, 0.29) is 5.78 Å². The van der Waals surface area contributed by atoms with Crippen LogP contribution in [0, 0.1) is 0 Å². The van der Waals surface area contributed by atoms with E-state index >= 15 is 0 Å². The molecule has 1 aliphatic carbocycles. The van der Waals surface area contributed by atoms with E-state index < -0.39 is 0 Å². The average molecular weight is 150 g/mol. The minimum Gasteiger partial charge on any atom is -0.295 e. The summed E-state index contributed by atoms with van der Waals surface area (Å²) in [4.78, 5) is 11.0. The van der Waals surface area contributed by atoms with Gasteiger partial charge in [0.15, 0.2) is 5.78 Å². The van der Waals surface area contributed by atoms with Gasteiger partial charge in [-0.3, -0.25) is 4.79 Å². The molecule has 0 aromatic heterocycles. The van der Waals surface area contributed by atoms with Crippen molar-refractivity contribution in [3.05, 3.63) is 24.3 Å². The molecule has 0 unspecified atom stereocenters. The standard InChI is InChI=1S/C10H14O/c11-10-8-6-4-2-1-3-5-7-9-10/h2,4,7,9H,1,3,5-6,8H2/b4-2+,9-7+. The Bertz CT molecular complexity index is 177. The van der Waals surface area contributed by atoms with E-state index in [1.165, 1.54) is 6.42 Å². The molecule has 0 N–H and O–H groups in total. The summed E-state index contributed by atoms with van der Waals surface area (Å²) in [5.41, 5.74) is 0. The van der Waals surface area contributed by atoms with Crippen LogP contribution < -0.4 is 0 Å². The zero-order chi connectivity index (χ0) is 7.94. The SMILES string of the molecule is O=C1/C=C/CCC/C=C/CC1.